The zero-order chi connectivity index (χ0) is 14.3. The summed E-state index contributed by atoms with van der Waals surface area (Å²) >= 11 is 0. The number of nitrogens with one attached hydrogen (secondary N) is 2. The molecule has 5 nitrogen and oxygen atoms in total. The highest BCUT2D eigenvalue weighted by molar-refractivity contribution is 5.88. The fraction of sp³-hybridized carbons (Fsp3) is 0.286. The van der Waals surface area contributed by atoms with Crippen LogP contribution in [0.25, 0.3) is 0 Å². The standard InChI is InChI=1S/C14H17N3O2/c1-3-4-13(15)14(19)16-9-11-5-7-12(8-6-11)17-10(2)18/h1,5-8,13H,4,9,15H2,2H3,(H,16,19)(H,17,18). The fourth-order valence-corrected chi connectivity index (χ4v) is 1.45. The van der Waals surface area contributed by atoms with E-state index in [-0.39, 0.29) is 18.2 Å². The second-order valence-electron chi connectivity index (χ2n) is 4.11. The van der Waals surface area contributed by atoms with Crippen LogP contribution in [0.1, 0.15) is 18.9 Å². The summed E-state index contributed by atoms with van der Waals surface area (Å²) in [6.07, 6.45) is 5.30. The lowest BCUT2D eigenvalue weighted by molar-refractivity contribution is -0.122. The van der Waals surface area contributed by atoms with Crippen molar-refractivity contribution in [3.8, 4) is 12.3 Å². The van der Waals surface area contributed by atoms with Gasteiger partial charge in [0, 0.05) is 25.6 Å². The maximum atomic E-state index is 11.5. The molecule has 0 spiro atoms. The Morgan fingerprint density at radius 3 is 2.53 bits per heavy atom. The summed E-state index contributed by atoms with van der Waals surface area (Å²) in [6.45, 7) is 1.82. The van der Waals surface area contributed by atoms with E-state index in [1.165, 1.54) is 6.92 Å². The van der Waals surface area contributed by atoms with Crippen LogP contribution < -0.4 is 16.4 Å². The summed E-state index contributed by atoms with van der Waals surface area (Å²) < 4.78 is 0. The van der Waals surface area contributed by atoms with E-state index in [0.717, 1.165) is 5.56 Å². The molecule has 1 unspecified atom stereocenters. The first-order valence-corrected chi connectivity index (χ1v) is 5.86. The fourth-order valence-electron chi connectivity index (χ4n) is 1.45. The smallest absolute Gasteiger partial charge is 0.238 e. The number of nitrogens with two attached hydrogens (primary N) is 1. The third-order valence-electron chi connectivity index (χ3n) is 2.42. The van der Waals surface area contributed by atoms with E-state index in [9.17, 15) is 9.59 Å². The zero-order valence-electron chi connectivity index (χ0n) is 10.8. The highest BCUT2D eigenvalue weighted by Crippen LogP contribution is 2.09. The van der Waals surface area contributed by atoms with Crippen molar-refractivity contribution in [3.63, 3.8) is 0 Å². The first-order chi connectivity index (χ1) is 9.02. The van der Waals surface area contributed by atoms with Gasteiger partial charge in [0.15, 0.2) is 0 Å². The molecule has 0 bridgehead atoms. The van der Waals surface area contributed by atoms with Gasteiger partial charge in [-0.25, -0.2) is 0 Å². The molecule has 1 aromatic rings. The molecule has 0 aliphatic rings. The highest BCUT2D eigenvalue weighted by Gasteiger charge is 2.10. The molecular formula is C14H17N3O2. The van der Waals surface area contributed by atoms with Gasteiger partial charge in [-0.05, 0) is 17.7 Å². The van der Waals surface area contributed by atoms with Crippen LogP contribution in [0.15, 0.2) is 24.3 Å². The highest BCUT2D eigenvalue weighted by atomic mass is 16.2. The second kappa shape index (κ2) is 7.19. The number of amides is 2. The quantitative estimate of drug-likeness (QED) is 0.677. The summed E-state index contributed by atoms with van der Waals surface area (Å²) in [5.74, 6) is 1.95. The molecule has 1 rings (SSSR count). The van der Waals surface area contributed by atoms with E-state index in [0.29, 0.717) is 12.2 Å². The number of carbonyl (C=O) groups excluding carboxylic acids is 2. The van der Waals surface area contributed by atoms with E-state index < -0.39 is 6.04 Å². The number of terminal acetylenes is 1. The number of hydrogen-bond donors (Lipinski definition) is 3. The van der Waals surface area contributed by atoms with E-state index in [4.69, 9.17) is 12.2 Å². The first kappa shape index (κ1) is 14.7. The van der Waals surface area contributed by atoms with Crippen molar-refractivity contribution in [1.29, 1.82) is 0 Å². The van der Waals surface area contributed by atoms with Gasteiger partial charge in [-0.15, -0.1) is 12.3 Å². The molecule has 0 aliphatic carbocycles. The lowest BCUT2D eigenvalue weighted by Crippen LogP contribution is -2.39. The number of hydrogen-bond acceptors (Lipinski definition) is 3. The Bertz CT molecular complexity index is 488. The molecule has 19 heavy (non-hydrogen) atoms. The Kier molecular flexibility index (Phi) is 5.58. The van der Waals surface area contributed by atoms with Crippen molar-refractivity contribution in [2.45, 2.75) is 25.9 Å². The van der Waals surface area contributed by atoms with Gasteiger partial charge in [0.25, 0.3) is 0 Å². The van der Waals surface area contributed by atoms with Gasteiger partial charge < -0.3 is 16.4 Å². The SMILES string of the molecule is C#CCC(N)C(=O)NCc1ccc(NC(C)=O)cc1. The summed E-state index contributed by atoms with van der Waals surface area (Å²) in [4.78, 5) is 22.4. The third-order valence-corrected chi connectivity index (χ3v) is 2.42. The largest absolute Gasteiger partial charge is 0.351 e. The van der Waals surface area contributed by atoms with Crippen LogP contribution in [-0.2, 0) is 16.1 Å². The molecule has 0 heterocycles. The summed E-state index contributed by atoms with van der Waals surface area (Å²) in [7, 11) is 0. The van der Waals surface area contributed by atoms with E-state index >= 15 is 0 Å². The average molecular weight is 259 g/mol. The van der Waals surface area contributed by atoms with Crippen molar-refractivity contribution in [2.75, 3.05) is 5.32 Å². The van der Waals surface area contributed by atoms with Crippen molar-refractivity contribution in [3.05, 3.63) is 29.8 Å². The second-order valence-corrected chi connectivity index (χ2v) is 4.11. The van der Waals surface area contributed by atoms with Crippen molar-refractivity contribution >= 4 is 17.5 Å². The minimum Gasteiger partial charge on any atom is -0.351 e. The van der Waals surface area contributed by atoms with Gasteiger partial charge in [0.05, 0.1) is 6.04 Å². The summed E-state index contributed by atoms with van der Waals surface area (Å²) in [5, 5.41) is 5.36. The Hall–Kier alpha value is -2.32. The minimum absolute atomic E-state index is 0.124. The molecule has 5 heteroatoms. The molecule has 0 saturated carbocycles. The molecule has 1 aromatic carbocycles. The topological polar surface area (TPSA) is 84.2 Å². The van der Waals surface area contributed by atoms with Crippen molar-refractivity contribution < 1.29 is 9.59 Å². The van der Waals surface area contributed by atoms with Gasteiger partial charge in [-0.3, -0.25) is 9.59 Å². The Morgan fingerprint density at radius 2 is 2.00 bits per heavy atom. The number of anilines is 1. The maximum absolute atomic E-state index is 11.5. The third kappa shape index (κ3) is 5.23. The van der Waals surface area contributed by atoms with Crippen LogP contribution in [0.4, 0.5) is 5.69 Å². The average Bonchev–Trinajstić information content (AvgIpc) is 2.37. The molecule has 4 N–H and O–H groups in total. The lowest BCUT2D eigenvalue weighted by Gasteiger charge is -2.10. The van der Waals surface area contributed by atoms with Crippen LogP contribution in [0.5, 0.6) is 0 Å². The first-order valence-electron chi connectivity index (χ1n) is 5.86. The van der Waals surface area contributed by atoms with Crippen LogP contribution in [0.2, 0.25) is 0 Å². The van der Waals surface area contributed by atoms with Gasteiger partial charge >= 0.3 is 0 Å². The van der Waals surface area contributed by atoms with Gasteiger partial charge in [0.2, 0.25) is 11.8 Å². The monoisotopic (exact) mass is 259 g/mol. The predicted octanol–water partition coefficient (Wildman–Crippen LogP) is 0.612. The molecular weight excluding hydrogens is 242 g/mol. The van der Waals surface area contributed by atoms with Gasteiger partial charge in [-0.1, -0.05) is 12.1 Å². The number of carbonyl (C=O) groups is 2. The molecule has 0 saturated heterocycles. The van der Waals surface area contributed by atoms with Crippen LogP contribution in [0, 0.1) is 12.3 Å². The zero-order valence-corrected chi connectivity index (χ0v) is 10.8. The Labute approximate surface area is 112 Å². The predicted molar refractivity (Wildman–Crippen MR) is 74.0 cm³/mol. The van der Waals surface area contributed by atoms with Crippen molar-refractivity contribution in [1.82, 2.24) is 5.32 Å². The molecule has 0 aliphatic heterocycles. The van der Waals surface area contributed by atoms with E-state index in [2.05, 4.69) is 16.6 Å². The van der Waals surface area contributed by atoms with Gasteiger partial charge in [-0.2, -0.15) is 0 Å². The van der Waals surface area contributed by atoms with E-state index in [1.807, 2.05) is 12.1 Å². The molecule has 100 valence electrons. The lowest BCUT2D eigenvalue weighted by atomic mass is 10.2. The summed E-state index contributed by atoms with van der Waals surface area (Å²) in [6, 6.07) is 6.49. The molecule has 1 atom stereocenters. The summed E-state index contributed by atoms with van der Waals surface area (Å²) in [5.41, 5.74) is 7.20. The van der Waals surface area contributed by atoms with Crippen molar-refractivity contribution in [2.24, 2.45) is 5.73 Å². The Balaban J connectivity index is 2.48. The number of benzene rings is 1. The minimum atomic E-state index is -0.677. The van der Waals surface area contributed by atoms with Crippen LogP contribution in [-0.4, -0.2) is 17.9 Å². The van der Waals surface area contributed by atoms with Gasteiger partial charge in [0.1, 0.15) is 0 Å². The molecule has 0 aromatic heterocycles. The van der Waals surface area contributed by atoms with E-state index in [1.54, 1.807) is 12.1 Å². The Morgan fingerprint density at radius 1 is 1.37 bits per heavy atom. The molecule has 2 amide bonds. The maximum Gasteiger partial charge on any atom is 0.238 e. The molecule has 0 radical (unpaired) electrons. The van der Waals surface area contributed by atoms with Crippen LogP contribution >= 0.6 is 0 Å². The molecule has 0 fully saturated rings. The van der Waals surface area contributed by atoms with Crippen LogP contribution in [0.3, 0.4) is 0 Å². The number of rotatable bonds is 5. The normalized spacial score (nSPS) is 11.2.